The first-order chi connectivity index (χ1) is 11.0. The van der Waals surface area contributed by atoms with Gasteiger partial charge in [-0.1, -0.05) is 23.2 Å². The molecule has 0 amide bonds. The second-order valence-corrected chi connectivity index (χ2v) is 5.63. The predicted molar refractivity (Wildman–Crippen MR) is 88.1 cm³/mol. The molecule has 23 heavy (non-hydrogen) atoms. The maximum absolute atomic E-state index is 11.9. The van der Waals surface area contributed by atoms with Gasteiger partial charge in [0.2, 0.25) is 0 Å². The first-order valence-electron chi connectivity index (χ1n) is 7.20. The van der Waals surface area contributed by atoms with Gasteiger partial charge in [-0.3, -0.25) is 4.90 Å². The van der Waals surface area contributed by atoms with E-state index in [-0.39, 0.29) is 19.8 Å². The van der Waals surface area contributed by atoms with Gasteiger partial charge in [0.25, 0.3) is 0 Å². The molecule has 2 N–H and O–H groups in total. The number of benzene rings is 1. The van der Waals surface area contributed by atoms with Crippen molar-refractivity contribution < 1.29 is 24.5 Å². The number of aliphatic hydroxyl groups is 2. The van der Waals surface area contributed by atoms with E-state index in [1.165, 1.54) is 6.07 Å². The monoisotopic (exact) mass is 365 g/mol. The molecule has 0 bridgehead atoms. The average molecular weight is 366 g/mol. The van der Waals surface area contributed by atoms with Crippen LogP contribution in [-0.2, 0) is 9.53 Å². The Morgan fingerprint density at radius 1 is 1.22 bits per heavy atom. The summed E-state index contributed by atoms with van der Waals surface area (Å²) in [5.74, 6) is -0.174. The molecule has 0 fully saturated rings. The Morgan fingerprint density at radius 3 is 2.43 bits per heavy atom. The molecule has 6 nitrogen and oxygen atoms in total. The molecule has 0 saturated heterocycles. The Kier molecular flexibility index (Phi) is 9.28. The number of rotatable bonds is 10. The minimum absolute atomic E-state index is 0.0253. The van der Waals surface area contributed by atoms with Gasteiger partial charge < -0.3 is 19.7 Å². The molecule has 8 heteroatoms. The molecule has 0 aliphatic heterocycles. The summed E-state index contributed by atoms with van der Waals surface area (Å²) in [5.41, 5.74) is 0. The number of nitrogens with zero attached hydrogens (tertiary/aromatic N) is 1. The van der Waals surface area contributed by atoms with Crippen LogP contribution in [0.5, 0.6) is 5.75 Å². The van der Waals surface area contributed by atoms with Crippen LogP contribution in [0, 0.1) is 0 Å². The Labute approximate surface area is 145 Å². The van der Waals surface area contributed by atoms with Crippen LogP contribution < -0.4 is 4.74 Å². The molecule has 0 heterocycles. The van der Waals surface area contributed by atoms with E-state index in [1.807, 2.05) is 0 Å². The Hall–Kier alpha value is -1.05. The molecule has 1 unspecified atom stereocenters. The van der Waals surface area contributed by atoms with Gasteiger partial charge in [0.15, 0.2) is 6.10 Å². The van der Waals surface area contributed by atoms with Crippen LogP contribution in [0.15, 0.2) is 18.2 Å². The van der Waals surface area contributed by atoms with E-state index in [9.17, 15) is 4.79 Å². The van der Waals surface area contributed by atoms with E-state index in [4.69, 9.17) is 42.9 Å². The van der Waals surface area contributed by atoms with Crippen molar-refractivity contribution in [3.63, 3.8) is 0 Å². The van der Waals surface area contributed by atoms with Gasteiger partial charge in [-0.05, 0) is 25.1 Å². The van der Waals surface area contributed by atoms with Gasteiger partial charge in [0, 0.05) is 24.7 Å². The number of carbonyl (C=O) groups is 1. The number of halogens is 2. The van der Waals surface area contributed by atoms with Crippen LogP contribution in [0.4, 0.5) is 0 Å². The molecule has 0 saturated carbocycles. The molecule has 1 rings (SSSR count). The fourth-order valence-corrected chi connectivity index (χ4v) is 2.27. The van der Waals surface area contributed by atoms with Crippen molar-refractivity contribution in [2.45, 2.75) is 13.0 Å². The summed E-state index contributed by atoms with van der Waals surface area (Å²) in [4.78, 5) is 13.7. The first-order valence-corrected chi connectivity index (χ1v) is 7.96. The van der Waals surface area contributed by atoms with Gasteiger partial charge in [0.1, 0.15) is 12.4 Å². The van der Waals surface area contributed by atoms with Crippen molar-refractivity contribution in [3.8, 4) is 5.75 Å². The minimum Gasteiger partial charge on any atom is -0.477 e. The van der Waals surface area contributed by atoms with Crippen LogP contribution >= 0.6 is 23.2 Å². The number of carbonyl (C=O) groups excluding carboxylic acids is 1. The summed E-state index contributed by atoms with van der Waals surface area (Å²) in [7, 11) is 0. The smallest absolute Gasteiger partial charge is 0.347 e. The lowest BCUT2D eigenvalue weighted by atomic mass is 10.3. The van der Waals surface area contributed by atoms with E-state index in [2.05, 4.69) is 0 Å². The van der Waals surface area contributed by atoms with Gasteiger partial charge in [-0.15, -0.1) is 0 Å². The summed E-state index contributed by atoms with van der Waals surface area (Å²) in [6.45, 7) is 2.88. The average Bonchev–Trinajstić information content (AvgIpc) is 2.50. The highest BCUT2D eigenvalue weighted by Gasteiger charge is 2.18. The van der Waals surface area contributed by atoms with Crippen LogP contribution in [0.2, 0.25) is 10.0 Å². The largest absolute Gasteiger partial charge is 0.477 e. The molecule has 0 aliphatic carbocycles. The van der Waals surface area contributed by atoms with Crippen LogP contribution in [-0.4, -0.2) is 66.6 Å². The van der Waals surface area contributed by atoms with Crippen LogP contribution in [0.1, 0.15) is 6.92 Å². The minimum atomic E-state index is -0.821. The summed E-state index contributed by atoms with van der Waals surface area (Å²) in [6.07, 6.45) is -0.821. The molecule has 0 aromatic heterocycles. The Balaban J connectivity index is 2.41. The van der Waals surface area contributed by atoms with Crippen LogP contribution in [0.25, 0.3) is 0 Å². The molecule has 0 radical (unpaired) electrons. The maximum atomic E-state index is 11.9. The third-order valence-electron chi connectivity index (χ3n) is 3.01. The topological polar surface area (TPSA) is 79.2 Å². The van der Waals surface area contributed by atoms with E-state index in [0.29, 0.717) is 35.4 Å². The standard InChI is InChI=1S/C15H21Cl2NO5/c1-11(23-14-3-2-12(16)10-13(14)17)15(21)22-9-6-18(4-7-19)5-8-20/h2-3,10-11,19-20H,4-9H2,1H3. The van der Waals surface area contributed by atoms with Crippen molar-refractivity contribution >= 4 is 29.2 Å². The zero-order valence-electron chi connectivity index (χ0n) is 12.9. The molecule has 1 aromatic carbocycles. The van der Waals surface area contributed by atoms with E-state index in [1.54, 1.807) is 24.0 Å². The molecular weight excluding hydrogens is 345 g/mol. The molecule has 130 valence electrons. The highest BCUT2D eigenvalue weighted by atomic mass is 35.5. The highest BCUT2D eigenvalue weighted by molar-refractivity contribution is 6.35. The summed E-state index contributed by atoms with van der Waals surface area (Å²) in [6, 6.07) is 4.72. The van der Waals surface area contributed by atoms with Gasteiger partial charge in [-0.25, -0.2) is 4.79 Å². The molecule has 1 atom stereocenters. The van der Waals surface area contributed by atoms with Crippen molar-refractivity contribution in [2.75, 3.05) is 39.5 Å². The first kappa shape index (κ1) is 20.0. The van der Waals surface area contributed by atoms with Crippen molar-refractivity contribution in [2.24, 2.45) is 0 Å². The van der Waals surface area contributed by atoms with Gasteiger partial charge >= 0.3 is 5.97 Å². The Morgan fingerprint density at radius 2 is 1.87 bits per heavy atom. The van der Waals surface area contributed by atoms with E-state index >= 15 is 0 Å². The zero-order chi connectivity index (χ0) is 17.2. The molecule has 0 spiro atoms. The lowest BCUT2D eigenvalue weighted by Gasteiger charge is -2.20. The summed E-state index contributed by atoms with van der Waals surface area (Å²) in [5, 5.41) is 18.6. The summed E-state index contributed by atoms with van der Waals surface area (Å²) >= 11 is 11.8. The molecule has 1 aromatic rings. The molecule has 0 aliphatic rings. The highest BCUT2D eigenvalue weighted by Crippen LogP contribution is 2.28. The quantitative estimate of drug-likeness (QED) is 0.613. The van der Waals surface area contributed by atoms with E-state index in [0.717, 1.165) is 0 Å². The number of hydrogen-bond donors (Lipinski definition) is 2. The fraction of sp³-hybridized carbons (Fsp3) is 0.533. The van der Waals surface area contributed by atoms with Crippen molar-refractivity contribution in [1.82, 2.24) is 4.90 Å². The lowest BCUT2D eigenvalue weighted by Crippen LogP contribution is -2.35. The van der Waals surface area contributed by atoms with Gasteiger partial charge in [-0.2, -0.15) is 0 Å². The second-order valence-electron chi connectivity index (χ2n) is 4.79. The van der Waals surface area contributed by atoms with Crippen molar-refractivity contribution in [3.05, 3.63) is 28.2 Å². The lowest BCUT2D eigenvalue weighted by molar-refractivity contribution is -0.151. The third-order valence-corrected chi connectivity index (χ3v) is 3.54. The number of esters is 1. The van der Waals surface area contributed by atoms with Gasteiger partial charge in [0.05, 0.1) is 18.2 Å². The number of hydrogen-bond acceptors (Lipinski definition) is 6. The zero-order valence-corrected chi connectivity index (χ0v) is 14.4. The SMILES string of the molecule is CC(Oc1ccc(Cl)cc1Cl)C(=O)OCCN(CCO)CCO. The third kappa shape index (κ3) is 7.37. The second kappa shape index (κ2) is 10.7. The molecular formula is C15H21Cl2NO5. The summed E-state index contributed by atoms with van der Waals surface area (Å²) < 4.78 is 10.6. The Bertz CT molecular complexity index is 495. The number of aliphatic hydroxyl groups excluding tert-OH is 2. The van der Waals surface area contributed by atoms with Crippen molar-refractivity contribution in [1.29, 1.82) is 0 Å². The predicted octanol–water partition coefficient (Wildman–Crippen LogP) is 1.59. The van der Waals surface area contributed by atoms with Crippen LogP contribution in [0.3, 0.4) is 0 Å². The normalized spacial score (nSPS) is 12.3. The maximum Gasteiger partial charge on any atom is 0.347 e. The van der Waals surface area contributed by atoms with E-state index < -0.39 is 12.1 Å². The fourth-order valence-electron chi connectivity index (χ4n) is 1.82. The number of ether oxygens (including phenoxy) is 2.